The summed E-state index contributed by atoms with van der Waals surface area (Å²) < 4.78 is 41.0. The first-order valence-electron chi connectivity index (χ1n) is 8.37. The molecule has 0 heterocycles. The molecule has 0 spiro atoms. The van der Waals surface area contributed by atoms with E-state index < -0.39 is 15.8 Å². The third-order valence-electron chi connectivity index (χ3n) is 3.89. The van der Waals surface area contributed by atoms with Gasteiger partial charge in [0, 0.05) is 12.1 Å². The zero-order valence-corrected chi connectivity index (χ0v) is 15.9. The minimum atomic E-state index is -4.01. The molecular formula is C19H23FN2O3S. The lowest BCUT2D eigenvalue weighted by Gasteiger charge is -2.12. The van der Waals surface area contributed by atoms with Crippen LogP contribution in [0.5, 0.6) is 0 Å². The number of halogens is 1. The van der Waals surface area contributed by atoms with Gasteiger partial charge in [0.15, 0.2) is 0 Å². The molecule has 5 nitrogen and oxygen atoms in total. The van der Waals surface area contributed by atoms with Crippen LogP contribution in [0, 0.1) is 18.7 Å². The van der Waals surface area contributed by atoms with Gasteiger partial charge < -0.3 is 5.32 Å². The highest BCUT2D eigenvalue weighted by Crippen LogP contribution is 2.21. The van der Waals surface area contributed by atoms with E-state index in [1.165, 1.54) is 36.4 Å². The monoisotopic (exact) mass is 378 g/mol. The molecule has 2 N–H and O–H groups in total. The van der Waals surface area contributed by atoms with E-state index in [1.807, 2.05) is 0 Å². The summed E-state index contributed by atoms with van der Waals surface area (Å²) in [6.07, 6.45) is 0.831. The van der Waals surface area contributed by atoms with Crippen molar-refractivity contribution in [2.24, 2.45) is 5.92 Å². The number of benzene rings is 2. The molecule has 1 amide bonds. The first-order chi connectivity index (χ1) is 12.2. The molecule has 0 saturated heterocycles. The second-order valence-corrected chi connectivity index (χ2v) is 8.18. The Hall–Kier alpha value is -2.41. The Morgan fingerprint density at radius 3 is 2.50 bits per heavy atom. The molecule has 2 rings (SSSR count). The lowest BCUT2D eigenvalue weighted by Crippen LogP contribution is -2.26. The van der Waals surface area contributed by atoms with Gasteiger partial charge in [-0.2, -0.15) is 0 Å². The van der Waals surface area contributed by atoms with Crippen LogP contribution in [0.15, 0.2) is 47.4 Å². The van der Waals surface area contributed by atoms with Crippen molar-refractivity contribution < 1.29 is 17.6 Å². The number of amides is 1. The fraction of sp³-hybridized carbons (Fsp3) is 0.316. The number of nitrogens with one attached hydrogen (secondary N) is 2. The Bertz CT molecular complexity index is 895. The molecule has 0 aliphatic rings. The van der Waals surface area contributed by atoms with Crippen LogP contribution in [-0.4, -0.2) is 20.9 Å². The molecular weight excluding hydrogens is 355 g/mol. The van der Waals surface area contributed by atoms with Crippen LogP contribution < -0.4 is 10.0 Å². The van der Waals surface area contributed by atoms with E-state index in [0.717, 1.165) is 6.42 Å². The maximum atomic E-state index is 13.7. The van der Waals surface area contributed by atoms with Crippen LogP contribution in [-0.2, 0) is 10.0 Å². The number of hydrogen-bond acceptors (Lipinski definition) is 3. The summed E-state index contributed by atoms with van der Waals surface area (Å²) in [5, 5.41) is 2.79. The second kappa shape index (κ2) is 8.31. The van der Waals surface area contributed by atoms with Gasteiger partial charge in [-0.05, 0) is 49.1 Å². The predicted molar refractivity (Wildman–Crippen MR) is 100 cm³/mol. The van der Waals surface area contributed by atoms with Crippen molar-refractivity contribution in [3.05, 3.63) is 59.4 Å². The highest BCUT2D eigenvalue weighted by Gasteiger charge is 2.19. The van der Waals surface area contributed by atoms with Crippen molar-refractivity contribution in [1.82, 2.24) is 5.32 Å². The van der Waals surface area contributed by atoms with E-state index in [1.54, 1.807) is 13.0 Å². The normalized spacial score (nSPS) is 11.4. The standard InChI is InChI=1S/C19H23FN2O3S/c1-13(2)10-11-21-19(23)16-12-15(9-8-14(16)3)26(24,25)22-18-7-5-4-6-17(18)20/h4-9,12-13,22H,10-11H2,1-3H3,(H,21,23). The maximum Gasteiger partial charge on any atom is 0.262 e. The zero-order chi connectivity index (χ0) is 19.3. The van der Waals surface area contributed by atoms with Crippen molar-refractivity contribution in [2.75, 3.05) is 11.3 Å². The lowest BCUT2D eigenvalue weighted by atomic mass is 10.1. The highest BCUT2D eigenvalue weighted by atomic mass is 32.2. The minimum absolute atomic E-state index is 0.0969. The van der Waals surface area contributed by atoms with Gasteiger partial charge in [0.05, 0.1) is 10.6 Å². The van der Waals surface area contributed by atoms with Crippen molar-refractivity contribution >= 4 is 21.6 Å². The van der Waals surface area contributed by atoms with E-state index in [0.29, 0.717) is 18.0 Å². The van der Waals surface area contributed by atoms with E-state index >= 15 is 0 Å². The number of aryl methyl sites for hydroxylation is 1. The zero-order valence-electron chi connectivity index (χ0n) is 15.0. The molecule has 0 fully saturated rings. The Labute approximate surface area is 153 Å². The first-order valence-corrected chi connectivity index (χ1v) is 9.85. The summed E-state index contributed by atoms with van der Waals surface area (Å²) in [6.45, 7) is 6.36. The molecule has 26 heavy (non-hydrogen) atoms. The Balaban J connectivity index is 2.24. The Kier molecular flexibility index (Phi) is 6.37. The molecule has 140 valence electrons. The SMILES string of the molecule is Cc1ccc(S(=O)(=O)Nc2ccccc2F)cc1C(=O)NCCC(C)C. The van der Waals surface area contributed by atoms with Gasteiger partial charge in [0.1, 0.15) is 5.82 Å². The van der Waals surface area contributed by atoms with Crippen LogP contribution in [0.3, 0.4) is 0 Å². The number of carbonyl (C=O) groups is 1. The fourth-order valence-electron chi connectivity index (χ4n) is 2.33. The van der Waals surface area contributed by atoms with Crippen molar-refractivity contribution in [3.8, 4) is 0 Å². The van der Waals surface area contributed by atoms with Gasteiger partial charge in [-0.1, -0.05) is 32.0 Å². The Morgan fingerprint density at radius 2 is 1.85 bits per heavy atom. The number of rotatable bonds is 7. The minimum Gasteiger partial charge on any atom is -0.352 e. The third-order valence-corrected chi connectivity index (χ3v) is 5.25. The number of hydrogen-bond donors (Lipinski definition) is 2. The highest BCUT2D eigenvalue weighted by molar-refractivity contribution is 7.92. The van der Waals surface area contributed by atoms with Crippen molar-refractivity contribution in [3.63, 3.8) is 0 Å². The first kappa shape index (κ1) is 19.9. The van der Waals surface area contributed by atoms with E-state index in [4.69, 9.17) is 0 Å². The molecule has 0 bridgehead atoms. The second-order valence-electron chi connectivity index (χ2n) is 6.50. The number of para-hydroxylation sites is 1. The summed E-state index contributed by atoms with van der Waals surface area (Å²) in [7, 11) is -4.01. The summed E-state index contributed by atoms with van der Waals surface area (Å²) >= 11 is 0. The summed E-state index contributed by atoms with van der Waals surface area (Å²) in [4.78, 5) is 12.3. The molecule has 2 aromatic carbocycles. The van der Waals surface area contributed by atoms with Crippen molar-refractivity contribution in [1.29, 1.82) is 0 Å². The van der Waals surface area contributed by atoms with Gasteiger partial charge in [0.2, 0.25) is 0 Å². The molecule has 0 aliphatic heterocycles. The summed E-state index contributed by atoms with van der Waals surface area (Å²) in [6, 6.07) is 9.77. The summed E-state index contributed by atoms with van der Waals surface area (Å²) in [5.41, 5.74) is 0.804. The van der Waals surface area contributed by atoms with E-state index in [2.05, 4.69) is 23.9 Å². The van der Waals surface area contributed by atoms with Gasteiger partial charge in [-0.3, -0.25) is 9.52 Å². The van der Waals surface area contributed by atoms with Gasteiger partial charge in [-0.15, -0.1) is 0 Å². The molecule has 0 aliphatic carbocycles. The number of sulfonamides is 1. The molecule has 2 aromatic rings. The maximum absolute atomic E-state index is 13.7. The van der Waals surface area contributed by atoms with Crippen LogP contribution in [0.1, 0.15) is 36.2 Å². The number of carbonyl (C=O) groups excluding carboxylic acids is 1. The van der Waals surface area contributed by atoms with Crippen LogP contribution >= 0.6 is 0 Å². The molecule has 0 saturated carbocycles. The number of anilines is 1. The van der Waals surface area contributed by atoms with Crippen LogP contribution in [0.25, 0.3) is 0 Å². The summed E-state index contributed by atoms with van der Waals surface area (Å²) in [5.74, 6) is -0.547. The quantitative estimate of drug-likeness (QED) is 0.771. The Morgan fingerprint density at radius 1 is 1.15 bits per heavy atom. The van der Waals surface area contributed by atoms with Crippen LogP contribution in [0.4, 0.5) is 10.1 Å². The lowest BCUT2D eigenvalue weighted by molar-refractivity contribution is 0.0951. The average Bonchev–Trinajstić information content (AvgIpc) is 2.56. The molecule has 0 atom stereocenters. The topological polar surface area (TPSA) is 75.3 Å². The van der Waals surface area contributed by atoms with Gasteiger partial charge >= 0.3 is 0 Å². The van der Waals surface area contributed by atoms with E-state index in [-0.39, 0.29) is 22.1 Å². The largest absolute Gasteiger partial charge is 0.352 e. The molecule has 0 aromatic heterocycles. The smallest absolute Gasteiger partial charge is 0.262 e. The van der Waals surface area contributed by atoms with Gasteiger partial charge in [-0.25, -0.2) is 12.8 Å². The molecule has 0 radical (unpaired) electrons. The average molecular weight is 378 g/mol. The van der Waals surface area contributed by atoms with Crippen molar-refractivity contribution in [2.45, 2.75) is 32.1 Å². The van der Waals surface area contributed by atoms with Crippen LogP contribution in [0.2, 0.25) is 0 Å². The third kappa shape index (κ3) is 5.05. The predicted octanol–water partition coefficient (Wildman–Crippen LogP) is 3.71. The van der Waals surface area contributed by atoms with E-state index in [9.17, 15) is 17.6 Å². The molecule has 0 unspecified atom stereocenters. The molecule has 7 heteroatoms. The fourth-order valence-corrected chi connectivity index (χ4v) is 3.42. The van der Waals surface area contributed by atoms with Gasteiger partial charge in [0.25, 0.3) is 15.9 Å².